The van der Waals surface area contributed by atoms with Gasteiger partial charge in [0.2, 0.25) is 0 Å². The van der Waals surface area contributed by atoms with Gasteiger partial charge in [0.05, 0.1) is 22.6 Å². The predicted octanol–water partition coefficient (Wildman–Crippen LogP) is 4.79. The zero-order valence-corrected chi connectivity index (χ0v) is 18.3. The maximum atomic E-state index is 12.8. The zero-order chi connectivity index (χ0) is 24.6. The van der Waals surface area contributed by atoms with Crippen LogP contribution in [0.15, 0.2) is 60.9 Å². The molecule has 0 unspecified atom stereocenters. The summed E-state index contributed by atoms with van der Waals surface area (Å²) >= 11 is 0. The summed E-state index contributed by atoms with van der Waals surface area (Å²) < 4.78 is 28.5. The molecule has 0 bridgehead atoms. The lowest BCUT2D eigenvalue weighted by molar-refractivity contribution is 0.262. The smallest absolute Gasteiger partial charge is 0.323 e. The SMILES string of the molecule is [2H]C([2H])(c1c[nH]c2ncccc12)N1CCc2c(NC(=O)Nc3cc(OC)ccc3OC)cccc21. The van der Waals surface area contributed by atoms with Gasteiger partial charge in [-0.2, -0.15) is 0 Å². The molecule has 3 N–H and O–H groups in total. The first-order valence-corrected chi connectivity index (χ1v) is 10.5. The Hall–Kier alpha value is -4.20. The summed E-state index contributed by atoms with van der Waals surface area (Å²) in [5, 5.41) is 6.45. The second-order valence-electron chi connectivity index (χ2n) is 7.56. The first-order chi connectivity index (χ1) is 16.9. The van der Waals surface area contributed by atoms with Gasteiger partial charge < -0.3 is 30.0 Å². The molecule has 3 heterocycles. The molecule has 0 saturated carbocycles. The lowest BCUT2D eigenvalue weighted by Crippen LogP contribution is -2.20. The second kappa shape index (κ2) is 8.74. The molecule has 0 atom stereocenters. The van der Waals surface area contributed by atoms with E-state index in [2.05, 4.69) is 20.6 Å². The molecule has 2 aromatic carbocycles. The van der Waals surface area contributed by atoms with Gasteiger partial charge in [-0.25, -0.2) is 9.78 Å². The molecule has 1 aliphatic heterocycles. The highest BCUT2D eigenvalue weighted by Gasteiger charge is 2.23. The van der Waals surface area contributed by atoms with E-state index in [-0.39, 0.29) is 0 Å². The van der Waals surface area contributed by atoms with E-state index < -0.39 is 12.5 Å². The fourth-order valence-corrected chi connectivity index (χ4v) is 4.05. The number of anilines is 3. The molecule has 33 heavy (non-hydrogen) atoms. The van der Waals surface area contributed by atoms with E-state index in [4.69, 9.17) is 12.2 Å². The summed E-state index contributed by atoms with van der Waals surface area (Å²) in [6.45, 7) is -1.30. The van der Waals surface area contributed by atoms with Gasteiger partial charge in [-0.1, -0.05) is 6.07 Å². The van der Waals surface area contributed by atoms with Crippen molar-refractivity contribution < 1.29 is 17.0 Å². The molecule has 0 radical (unpaired) electrons. The Morgan fingerprint density at radius 2 is 2.03 bits per heavy atom. The number of hydrogen-bond acceptors (Lipinski definition) is 5. The molecule has 8 heteroatoms. The third-order valence-corrected chi connectivity index (χ3v) is 5.64. The fraction of sp³-hybridized carbons (Fsp3) is 0.200. The standard InChI is InChI=1S/C25H25N5O3/c1-32-17-8-9-23(33-2)21(13-17)29-25(31)28-20-6-3-7-22-19(20)10-12-30(22)15-16-14-27-24-18(16)5-4-11-26-24/h3-9,11,13-14H,10,12,15H2,1-2H3,(H,26,27)(H2,28,29,31)/i15D2. The minimum absolute atomic E-state index is 0.436. The van der Waals surface area contributed by atoms with Crippen LogP contribution in [0.2, 0.25) is 0 Å². The molecule has 1 aliphatic rings. The maximum Gasteiger partial charge on any atom is 0.323 e. The van der Waals surface area contributed by atoms with E-state index in [1.807, 2.05) is 24.3 Å². The molecule has 2 aromatic heterocycles. The average Bonchev–Trinajstić information content (AvgIpc) is 3.50. The summed E-state index contributed by atoms with van der Waals surface area (Å²) in [6.07, 6.45) is 3.94. The van der Waals surface area contributed by atoms with Crippen LogP contribution in [0.3, 0.4) is 0 Å². The number of nitrogens with one attached hydrogen (secondary N) is 3. The first-order valence-electron chi connectivity index (χ1n) is 11.5. The molecule has 0 aliphatic carbocycles. The number of methoxy groups -OCH3 is 2. The number of ether oxygens (including phenoxy) is 2. The molecule has 168 valence electrons. The van der Waals surface area contributed by atoms with Crippen molar-refractivity contribution in [2.75, 3.05) is 36.3 Å². The van der Waals surface area contributed by atoms with Crippen LogP contribution in [0.1, 0.15) is 13.9 Å². The largest absolute Gasteiger partial charge is 0.497 e. The van der Waals surface area contributed by atoms with Gasteiger partial charge in [0, 0.05) is 53.8 Å². The Morgan fingerprint density at radius 1 is 1.15 bits per heavy atom. The molecule has 0 spiro atoms. The van der Waals surface area contributed by atoms with E-state index in [0.717, 1.165) is 16.6 Å². The quantitative estimate of drug-likeness (QED) is 0.397. The summed E-state index contributed by atoms with van der Waals surface area (Å²) in [6, 6.07) is 13.9. The van der Waals surface area contributed by atoms with Crippen molar-refractivity contribution in [3.63, 3.8) is 0 Å². The topological polar surface area (TPSA) is 91.5 Å². The van der Waals surface area contributed by atoms with Crippen LogP contribution in [0.5, 0.6) is 11.5 Å². The van der Waals surface area contributed by atoms with Crippen molar-refractivity contribution in [2.24, 2.45) is 0 Å². The predicted molar refractivity (Wildman–Crippen MR) is 129 cm³/mol. The summed E-state index contributed by atoms with van der Waals surface area (Å²) in [4.78, 5) is 21.9. The van der Waals surface area contributed by atoms with Gasteiger partial charge in [0.1, 0.15) is 17.1 Å². The Balaban J connectivity index is 1.40. The van der Waals surface area contributed by atoms with E-state index in [1.54, 1.807) is 48.7 Å². The second-order valence-corrected chi connectivity index (χ2v) is 7.56. The van der Waals surface area contributed by atoms with Crippen molar-refractivity contribution in [2.45, 2.75) is 12.9 Å². The third-order valence-electron chi connectivity index (χ3n) is 5.64. The Labute approximate surface area is 194 Å². The first kappa shape index (κ1) is 18.4. The minimum atomic E-state index is -1.78. The lowest BCUT2D eigenvalue weighted by Gasteiger charge is -2.20. The number of aromatic nitrogens is 2. The molecule has 5 rings (SSSR count). The number of amides is 2. The van der Waals surface area contributed by atoms with Gasteiger partial charge in [0.25, 0.3) is 0 Å². The lowest BCUT2D eigenvalue weighted by atomic mass is 10.1. The van der Waals surface area contributed by atoms with Crippen LogP contribution in [0, 0.1) is 0 Å². The molecule has 0 saturated heterocycles. The molecule has 0 fully saturated rings. The monoisotopic (exact) mass is 445 g/mol. The Bertz CT molecular complexity index is 1410. The van der Waals surface area contributed by atoms with E-state index in [1.165, 1.54) is 7.11 Å². The summed E-state index contributed by atoms with van der Waals surface area (Å²) in [5.41, 5.74) is 3.89. The van der Waals surface area contributed by atoms with Gasteiger partial charge in [0.15, 0.2) is 0 Å². The van der Waals surface area contributed by atoms with Crippen LogP contribution >= 0.6 is 0 Å². The van der Waals surface area contributed by atoms with Gasteiger partial charge in [-0.3, -0.25) is 0 Å². The highest BCUT2D eigenvalue weighted by Crippen LogP contribution is 2.36. The van der Waals surface area contributed by atoms with Crippen LogP contribution in [0.25, 0.3) is 11.0 Å². The number of H-pyrrole nitrogens is 1. The zero-order valence-electron chi connectivity index (χ0n) is 20.3. The van der Waals surface area contributed by atoms with Crippen molar-refractivity contribution >= 4 is 34.1 Å². The van der Waals surface area contributed by atoms with Crippen LogP contribution in [-0.2, 0) is 12.9 Å². The van der Waals surface area contributed by atoms with Crippen LogP contribution < -0.4 is 25.0 Å². The number of fused-ring (bicyclic) bond motifs is 2. The number of aromatic amines is 1. The van der Waals surface area contributed by atoms with Gasteiger partial charge in [-0.05, 0) is 48.4 Å². The fourth-order valence-electron chi connectivity index (χ4n) is 4.05. The summed E-state index contributed by atoms with van der Waals surface area (Å²) in [7, 11) is 3.08. The number of benzene rings is 2. The Morgan fingerprint density at radius 3 is 2.88 bits per heavy atom. The number of carbonyl (C=O) groups is 1. The Kier molecular flexibility index (Phi) is 4.87. The number of nitrogens with zero attached hydrogens (tertiary/aromatic N) is 2. The van der Waals surface area contributed by atoms with Crippen molar-refractivity contribution in [1.29, 1.82) is 0 Å². The number of pyridine rings is 1. The third kappa shape index (κ3) is 4.03. The molecular formula is C25H25N5O3. The molecule has 2 amide bonds. The normalized spacial score (nSPS) is 13.8. The average molecular weight is 446 g/mol. The highest BCUT2D eigenvalue weighted by atomic mass is 16.5. The van der Waals surface area contributed by atoms with E-state index in [0.29, 0.717) is 47.1 Å². The molecule has 8 nitrogen and oxygen atoms in total. The summed E-state index contributed by atoms with van der Waals surface area (Å²) in [5.74, 6) is 1.10. The minimum Gasteiger partial charge on any atom is -0.497 e. The van der Waals surface area contributed by atoms with E-state index >= 15 is 0 Å². The number of rotatable bonds is 6. The van der Waals surface area contributed by atoms with Gasteiger partial charge in [-0.15, -0.1) is 0 Å². The van der Waals surface area contributed by atoms with Gasteiger partial charge >= 0.3 is 6.03 Å². The number of urea groups is 1. The van der Waals surface area contributed by atoms with Crippen molar-refractivity contribution in [3.8, 4) is 11.5 Å². The maximum absolute atomic E-state index is 12.8. The van der Waals surface area contributed by atoms with Crippen LogP contribution in [-0.4, -0.2) is 36.8 Å². The highest BCUT2D eigenvalue weighted by molar-refractivity contribution is 6.02. The molecular weight excluding hydrogens is 418 g/mol. The van der Waals surface area contributed by atoms with E-state index in [9.17, 15) is 4.79 Å². The number of carbonyl (C=O) groups excluding carboxylic acids is 1. The molecule has 4 aromatic rings. The van der Waals surface area contributed by atoms with Crippen LogP contribution in [0.4, 0.5) is 21.9 Å². The number of hydrogen-bond donors (Lipinski definition) is 3. The van der Waals surface area contributed by atoms with Crippen molar-refractivity contribution in [1.82, 2.24) is 9.97 Å². The van der Waals surface area contributed by atoms with Crippen molar-refractivity contribution in [3.05, 3.63) is 72.1 Å².